The Morgan fingerprint density at radius 1 is 1.07 bits per heavy atom. The Morgan fingerprint density at radius 2 is 1.80 bits per heavy atom. The number of nitrogens with one attached hydrogen (secondary N) is 2. The Bertz CT molecular complexity index is 683. The molecular formula is C23H38N4O3. The van der Waals surface area contributed by atoms with Gasteiger partial charge in [-0.2, -0.15) is 0 Å². The van der Waals surface area contributed by atoms with Crippen LogP contribution in [-0.4, -0.2) is 70.0 Å². The quantitative estimate of drug-likeness (QED) is 0.500. The molecule has 0 aromatic heterocycles. The second-order valence-corrected chi connectivity index (χ2v) is 8.12. The van der Waals surface area contributed by atoms with Crippen LogP contribution in [0.4, 0.5) is 0 Å². The van der Waals surface area contributed by atoms with Crippen LogP contribution in [0.15, 0.2) is 23.2 Å². The molecule has 1 aliphatic carbocycles. The molecule has 1 aromatic carbocycles. The van der Waals surface area contributed by atoms with E-state index in [0.717, 1.165) is 62.4 Å². The molecule has 0 unspecified atom stereocenters. The number of benzene rings is 1. The zero-order chi connectivity index (χ0) is 21.2. The predicted octanol–water partition coefficient (Wildman–Crippen LogP) is 2.79. The molecule has 1 saturated heterocycles. The van der Waals surface area contributed by atoms with E-state index in [9.17, 15) is 0 Å². The van der Waals surface area contributed by atoms with Crippen LogP contribution in [0.2, 0.25) is 0 Å². The lowest BCUT2D eigenvalue weighted by atomic mass is 9.80. The molecule has 7 nitrogen and oxygen atoms in total. The van der Waals surface area contributed by atoms with Crippen molar-refractivity contribution < 1.29 is 14.2 Å². The van der Waals surface area contributed by atoms with Crippen LogP contribution in [0, 0.1) is 0 Å². The van der Waals surface area contributed by atoms with Gasteiger partial charge >= 0.3 is 0 Å². The number of methoxy groups -OCH3 is 2. The number of nitrogens with zero attached hydrogens (tertiary/aromatic N) is 2. The van der Waals surface area contributed by atoms with E-state index in [1.165, 1.54) is 32.1 Å². The third kappa shape index (κ3) is 5.79. The fourth-order valence-electron chi connectivity index (χ4n) is 4.59. The highest BCUT2D eigenvalue weighted by Gasteiger charge is 2.38. The van der Waals surface area contributed by atoms with Gasteiger partial charge in [0.2, 0.25) is 0 Å². The summed E-state index contributed by atoms with van der Waals surface area (Å²) in [6, 6.07) is 5.95. The maximum absolute atomic E-state index is 5.61. The van der Waals surface area contributed by atoms with Gasteiger partial charge in [0.05, 0.1) is 34.0 Å². The average Bonchev–Trinajstić information content (AvgIpc) is 2.81. The average molecular weight is 419 g/mol. The molecule has 2 aliphatic rings. The Kier molecular flexibility index (Phi) is 8.63. The zero-order valence-electron chi connectivity index (χ0n) is 18.8. The van der Waals surface area contributed by atoms with Crippen molar-refractivity contribution in [3.05, 3.63) is 23.8 Å². The van der Waals surface area contributed by atoms with Crippen molar-refractivity contribution in [2.75, 3.05) is 53.6 Å². The van der Waals surface area contributed by atoms with E-state index in [1.807, 2.05) is 18.2 Å². The first-order valence-corrected chi connectivity index (χ1v) is 11.3. The standard InChI is InChI=1S/C23H38N4O3/c1-4-24-22(25-17-19-8-9-20(28-2)21(16-19)29-3)26-18-23(10-6-5-7-11-23)27-12-14-30-15-13-27/h8-9,16H,4-7,10-15,17-18H2,1-3H3,(H2,24,25,26). The number of hydrogen-bond acceptors (Lipinski definition) is 5. The van der Waals surface area contributed by atoms with Gasteiger partial charge in [-0.1, -0.05) is 25.3 Å². The SMILES string of the molecule is CCNC(=NCc1ccc(OC)c(OC)c1)NCC1(N2CCOCC2)CCCCC1. The van der Waals surface area contributed by atoms with Crippen molar-refractivity contribution >= 4 is 5.96 Å². The van der Waals surface area contributed by atoms with Crippen molar-refractivity contribution in [2.45, 2.75) is 51.1 Å². The molecule has 1 saturated carbocycles. The van der Waals surface area contributed by atoms with E-state index in [4.69, 9.17) is 19.2 Å². The summed E-state index contributed by atoms with van der Waals surface area (Å²) in [5.74, 6) is 2.34. The smallest absolute Gasteiger partial charge is 0.191 e. The lowest BCUT2D eigenvalue weighted by molar-refractivity contribution is -0.0352. The van der Waals surface area contributed by atoms with E-state index in [0.29, 0.717) is 6.54 Å². The van der Waals surface area contributed by atoms with E-state index in [-0.39, 0.29) is 5.54 Å². The van der Waals surface area contributed by atoms with Gasteiger partial charge in [-0.05, 0) is 37.5 Å². The number of aliphatic imine (C=N–C) groups is 1. The lowest BCUT2D eigenvalue weighted by Crippen LogP contribution is -2.60. The molecule has 2 N–H and O–H groups in total. The molecule has 30 heavy (non-hydrogen) atoms. The molecule has 0 amide bonds. The van der Waals surface area contributed by atoms with Gasteiger partial charge in [-0.25, -0.2) is 4.99 Å². The number of hydrogen-bond donors (Lipinski definition) is 2. The first-order chi connectivity index (χ1) is 14.7. The molecule has 0 spiro atoms. The zero-order valence-corrected chi connectivity index (χ0v) is 18.8. The summed E-state index contributed by atoms with van der Waals surface area (Å²) in [5.41, 5.74) is 1.30. The van der Waals surface area contributed by atoms with Gasteiger partial charge in [-0.15, -0.1) is 0 Å². The topological polar surface area (TPSA) is 67.4 Å². The molecule has 3 rings (SSSR count). The summed E-state index contributed by atoms with van der Waals surface area (Å²) in [7, 11) is 3.31. The van der Waals surface area contributed by atoms with Crippen LogP contribution in [0.25, 0.3) is 0 Å². The highest BCUT2D eigenvalue weighted by Crippen LogP contribution is 2.34. The molecule has 1 aliphatic heterocycles. The summed E-state index contributed by atoms with van der Waals surface area (Å²) >= 11 is 0. The summed E-state index contributed by atoms with van der Waals surface area (Å²) < 4.78 is 16.4. The number of rotatable bonds is 8. The molecule has 0 radical (unpaired) electrons. The highest BCUT2D eigenvalue weighted by atomic mass is 16.5. The summed E-state index contributed by atoms with van der Waals surface area (Å²) in [6.07, 6.45) is 6.44. The van der Waals surface area contributed by atoms with Gasteiger partial charge < -0.3 is 24.8 Å². The predicted molar refractivity (Wildman–Crippen MR) is 121 cm³/mol. The lowest BCUT2D eigenvalue weighted by Gasteiger charge is -2.48. The minimum absolute atomic E-state index is 0.210. The van der Waals surface area contributed by atoms with Crippen molar-refractivity contribution in [3.8, 4) is 11.5 Å². The number of guanidine groups is 1. The number of morpholine rings is 1. The maximum Gasteiger partial charge on any atom is 0.191 e. The van der Waals surface area contributed by atoms with Crippen LogP contribution >= 0.6 is 0 Å². The molecular weight excluding hydrogens is 380 g/mol. The molecule has 168 valence electrons. The maximum atomic E-state index is 5.61. The summed E-state index contributed by atoms with van der Waals surface area (Å²) in [5, 5.41) is 7.05. The van der Waals surface area contributed by atoms with Crippen LogP contribution in [0.1, 0.15) is 44.6 Å². The molecule has 2 fully saturated rings. The van der Waals surface area contributed by atoms with E-state index in [1.54, 1.807) is 14.2 Å². The summed E-state index contributed by atoms with van der Waals surface area (Å²) in [6.45, 7) is 8.19. The van der Waals surface area contributed by atoms with Gasteiger partial charge in [0.1, 0.15) is 0 Å². The fraction of sp³-hybridized carbons (Fsp3) is 0.696. The Morgan fingerprint density at radius 3 is 2.47 bits per heavy atom. The van der Waals surface area contributed by atoms with E-state index < -0.39 is 0 Å². The van der Waals surface area contributed by atoms with E-state index >= 15 is 0 Å². The first kappa shape index (κ1) is 22.7. The second-order valence-electron chi connectivity index (χ2n) is 8.12. The largest absolute Gasteiger partial charge is 0.493 e. The molecule has 1 aromatic rings. The molecule has 7 heteroatoms. The van der Waals surface area contributed by atoms with Crippen LogP contribution in [-0.2, 0) is 11.3 Å². The van der Waals surface area contributed by atoms with Crippen molar-refractivity contribution in [1.29, 1.82) is 0 Å². The minimum atomic E-state index is 0.210. The van der Waals surface area contributed by atoms with Crippen molar-refractivity contribution in [3.63, 3.8) is 0 Å². The molecule has 0 bridgehead atoms. The first-order valence-electron chi connectivity index (χ1n) is 11.3. The van der Waals surface area contributed by atoms with Crippen LogP contribution in [0.5, 0.6) is 11.5 Å². The van der Waals surface area contributed by atoms with Crippen molar-refractivity contribution in [1.82, 2.24) is 15.5 Å². The highest BCUT2D eigenvalue weighted by molar-refractivity contribution is 5.79. The van der Waals surface area contributed by atoms with Gasteiger partial charge in [0.25, 0.3) is 0 Å². The van der Waals surface area contributed by atoms with Gasteiger partial charge in [-0.3, -0.25) is 4.90 Å². The monoisotopic (exact) mass is 418 g/mol. The molecule has 1 heterocycles. The molecule has 0 atom stereocenters. The third-order valence-electron chi connectivity index (χ3n) is 6.26. The van der Waals surface area contributed by atoms with Crippen LogP contribution in [0.3, 0.4) is 0 Å². The normalized spacial score (nSPS) is 19.9. The summed E-state index contributed by atoms with van der Waals surface area (Å²) in [4.78, 5) is 7.48. The second kappa shape index (κ2) is 11.4. The van der Waals surface area contributed by atoms with Gasteiger partial charge in [0, 0.05) is 31.7 Å². The minimum Gasteiger partial charge on any atom is -0.493 e. The number of ether oxygens (including phenoxy) is 3. The van der Waals surface area contributed by atoms with E-state index in [2.05, 4.69) is 22.5 Å². The van der Waals surface area contributed by atoms with Crippen molar-refractivity contribution in [2.24, 2.45) is 4.99 Å². The fourth-order valence-corrected chi connectivity index (χ4v) is 4.59. The van der Waals surface area contributed by atoms with Crippen LogP contribution < -0.4 is 20.1 Å². The Labute approximate surface area is 181 Å². The third-order valence-corrected chi connectivity index (χ3v) is 6.26. The Hall–Kier alpha value is -1.99. The van der Waals surface area contributed by atoms with Gasteiger partial charge in [0.15, 0.2) is 17.5 Å². The Balaban J connectivity index is 1.67.